The number of halogens is 5. The van der Waals surface area contributed by atoms with Gasteiger partial charge in [0.1, 0.15) is 23.1 Å². The maximum atomic E-state index is 14.6. The quantitative estimate of drug-likeness (QED) is 0.181. The average molecular weight is 443 g/mol. The number of isothiocyanates is 1. The Morgan fingerprint density at radius 3 is 2.00 bits per heavy atom. The summed E-state index contributed by atoms with van der Waals surface area (Å²) in [6.45, 7) is 1.98. The SMILES string of the molecule is CCCc1ccc(C#Cc2cc(F)c(-c3cc(F)c(N=C=S)c(F)c3)c(F)c2)c(F)c1. The lowest BCUT2D eigenvalue weighted by molar-refractivity contribution is 0.580. The van der Waals surface area contributed by atoms with Crippen molar-refractivity contribution >= 4 is 23.1 Å². The van der Waals surface area contributed by atoms with Crippen molar-refractivity contribution in [3.8, 4) is 23.0 Å². The molecule has 0 amide bonds. The molecule has 0 atom stereocenters. The largest absolute Gasteiger partial charge is 0.206 e. The third-order valence-corrected chi connectivity index (χ3v) is 4.51. The molecule has 3 rings (SSSR count). The molecule has 0 saturated carbocycles. The third-order valence-electron chi connectivity index (χ3n) is 4.42. The molecule has 0 unspecified atom stereocenters. The van der Waals surface area contributed by atoms with Crippen LogP contribution in [-0.2, 0) is 6.42 Å². The number of benzene rings is 3. The zero-order valence-electron chi connectivity index (χ0n) is 16.2. The van der Waals surface area contributed by atoms with Crippen LogP contribution in [0.1, 0.15) is 30.0 Å². The fourth-order valence-electron chi connectivity index (χ4n) is 3.03. The van der Waals surface area contributed by atoms with Crippen LogP contribution >= 0.6 is 12.2 Å². The summed E-state index contributed by atoms with van der Waals surface area (Å²) in [5.41, 5.74) is -0.827. The molecule has 0 N–H and O–H groups in total. The normalized spacial score (nSPS) is 10.3. The smallest absolute Gasteiger partial charge is 0.153 e. The zero-order chi connectivity index (χ0) is 22.5. The summed E-state index contributed by atoms with van der Waals surface area (Å²) in [5, 5.41) is 1.83. The van der Waals surface area contributed by atoms with Crippen LogP contribution in [0, 0.1) is 40.9 Å². The van der Waals surface area contributed by atoms with Gasteiger partial charge in [0, 0.05) is 5.56 Å². The number of rotatable bonds is 4. The minimum atomic E-state index is -1.14. The van der Waals surface area contributed by atoms with Crippen LogP contribution in [0.3, 0.4) is 0 Å². The van der Waals surface area contributed by atoms with Crippen LogP contribution in [0.15, 0.2) is 47.5 Å². The van der Waals surface area contributed by atoms with E-state index in [1.807, 2.05) is 12.1 Å². The maximum absolute atomic E-state index is 14.6. The van der Waals surface area contributed by atoms with Crippen LogP contribution < -0.4 is 0 Å². The van der Waals surface area contributed by atoms with Crippen molar-refractivity contribution in [3.05, 3.63) is 88.2 Å². The molecule has 7 heteroatoms. The Hall–Kier alpha value is -3.33. The Morgan fingerprint density at radius 2 is 1.45 bits per heavy atom. The van der Waals surface area contributed by atoms with Crippen LogP contribution in [0.2, 0.25) is 0 Å². The van der Waals surface area contributed by atoms with Crippen molar-refractivity contribution in [3.63, 3.8) is 0 Å². The highest BCUT2D eigenvalue weighted by molar-refractivity contribution is 7.78. The Balaban J connectivity index is 1.98. The van der Waals surface area contributed by atoms with Gasteiger partial charge in [-0.3, -0.25) is 0 Å². The molecule has 0 aromatic heterocycles. The van der Waals surface area contributed by atoms with Crippen molar-refractivity contribution < 1.29 is 22.0 Å². The van der Waals surface area contributed by atoms with E-state index in [2.05, 4.69) is 29.1 Å². The number of aryl methyl sites for hydroxylation is 1. The van der Waals surface area contributed by atoms with Gasteiger partial charge < -0.3 is 0 Å². The second-order valence-corrected chi connectivity index (χ2v) is 6.80. The van der Waals surface area contributed by atoms with E-state index in [1.54, 1.807) is 6.07 Å². The van der Waals surface area contributed by atoms with Crippen molar-refractivity contribution in [1.82, 2.24) is 0 Å². The van der Waals surface area contributed by atoms with E-state index in [9.17, 15) is 22.0 Å². The Kier molecular flexibility index (Phi) is 6.96. The second-order valence-electron chi connectivity index (χ2n) is 6.62. The molecule has 0 aliphatic rings. The second kappa shape index (κ2) is 9.65. The summed E-state index contributed by atoms with van der Waals surface area (Å²) in [7, 11) is 0. The lowest BCUT2D eigenvalue weighted by Gasteiger charge is -2.08. The van der Waals surface area contributed by atoms with Gasteiger partial charge in [-0.05, 0) is 66.2 Å². The molecule has 0 saturated heterocycles. The van der Waals surface area contributed by atoms with E-state index < -0.39 is 40.3 Å². The van der Waals surface area contributed by atoms with E-state index >= 15 is 0 Å². The zero-order valence-corrected chi connectivity index (χ0v) is 17.0. The molecule has 3 aromatic carbocycles. The van der Waals surface area contributed by atoms with E-state index in [0.29, 0.717) is 0 Å². The first-order valence-electron chi connectivity index (χ1n) is 9.20. The first-order valence-corrected chi connectivity index (χ1v) is 9.61. The van der Waals surface area contributed by atoms with Gasteiger partial charge in [-0.15, -0.1) is 0 Å². The number of nitrogens with zero attached hydrogens (tertiary/aromatic N) is 1. The number of hydrogen-bond acceptors (Lipinski definition) is 2. The fourth-order valence-corrected chi connectivity index (χ4v) is 3.12. The highest BCUT2D eigenvalue weighted by atomic mass is 32.1. The standard InChI is InChI=1S/C24H14F5NS/c1-2-3-14-4-6-16(18(25)8-14)7-5-15-9-19(26)23(20(27)10-15)17-11-21(28)24(30-13-31)22(29)12-17/h4,6,8-12H,2-3H2,1H3. The van der Waals surface area contributed by atoms with Gasteiger partial charge >= 0.3 is 0 Å². The lowest BCUT2D eigenvalue weighted by atomic mass is 10.0. The Bertz CT molecular complexity index is 1220. The molecule has 1 nitrogen and oxygen atoms in total. The monoisotopic (exact) mass is 443 g/mol. The number of thiocarbonyl (C=S) groups is 1. The van der Waals surface area contributed by atoms with Crippen LogP contribution in [0.4, 0.5) is 27.6 Å². The molecule has 0 radical (unpaired) electrons. The predicted octanol–water partition coefficient (Wildman–Crippen LogP) is 7.14. The van der Waals surface area contributed by atoms with Crippen molar-refractivity contribution in [2.45, 2.75) is 19.8 Å². The maximum Gasteiger partial charge on any atom is 0.153 e. The summed E-state index contributed by atoms with van der Waals surface area (Å²) in [6, 6.07) is 7.93. The van der Waals surface area contributed by atoms with Gasteiger partial charge in [0.2, 0.25) is 0 Å². The van der Waals surface area contributed by atoms with Gasteiger partial charge in [-0.2, -0.15) is 4.99 Å². The van der Waals surface area contributed by atoms with E-state index in [0.717, 1.165) is 42.7 Å². The lowest BCUT2D eigenvalue weighted by Crippen LogP contribution is -1.95. The third kappa shape index (κ3) is 5.05. The van der Waals surface area contributed by atoms with Gasteiger partial charge in [-0.1, -0.05) is 31.3 Å². The summed E-state index contributed by atoms with van der Waals surface area (Å²) < 4.78 is 71.3. The predicted molar refractivity (Wildman–Crippen MR) is 113 cm³/mol. The average Bonchev–Trinajstić information content (AvgIpc) is 2.70. The summed E-state index contributed by atoms with van der Waals surface area (Å²) in [5.74, 6) is 0.0916. The summed E-state index contributed by atoms with van der Waals surface area (Å²) in [6.07, 6.45) is 1.59. The molecule has 0 aliphatic heterocycles. The Labute approximate surface area is 181 Å². The van der Waals surface area contributed by atoms with Gasteiger partial charge in [0.25, 0.3) is 0 Å². The fraction of sp³-hybridized carbons (Fsp3) is 0.125. The van der Waals surface area contributed by atoms with Gasteiger partial charge in [-0.25, -0.2) is 22.0 Å². The molecule has 156 valence electrons. The highest BCUT2D eigenvalue weighted by Gasteiger charge is 2.18. The Morgan fingerprint density at radius 1 is 0.806 bits per heavy atom. The van der Waals surface area contributed by atoms with Crippen LogP contribution in [0.5, 0.6) is 0 Å². The van der Waals surface area contributed by atoms with Crippen LogP contribution in [-0.4, -0.2) is 5.16 Å². The minimum Gasteiger partial charge on any atom is -0.206 e. The molecule has 0 aliphatic carbocycles. The molecule has 31 heavy (non-hydrogen) atoms. The first kappa shape index (κ1) is 22.4. The molecule has 3 aromatic rings. The van der Waals surface area contributed by atoms with Crippen LogP contribution in [0.25, 0.3) is 11.1 Å². The van der Waals surface area contributed by atoms with Gasteiger partial charge in [0.05, 0.1) is 16.3 Å². The number of aliphatic imine (C=N–C) groups is 1. The number of hydrogen-bond donors (Lipinski definition) is 0. The van der Waals surface area contributed by atoms with E-state index in [4.69, 9.17) is 0 Å². The van der Waals surface area contributed by atoms with Crippen molar-refractivity contribution in [1.29, 1.82) is 0 Å². The minimum absolute atomic E-state index is 0.0568. The molecule has 0 heterocycles. The molecule has 0 spiro atoms. The summed E-state index contributed by atoms with van der Waals surface area (Å²) >= 11 is 4.32. The highest BCUT2D eigenvalue weighted by Crippen LogP contribution is 2.32. The topological polar surface area (TPSA) is 12.4 Å². The van der Waals surface area contributed by atoms with E-state index in [1.165, 1.54) is 12.1 Å². The molecular weight excluding hydrogens is 429 g/mol. The first-order chi connectivity index (χ1) is 14.8. The van der Waals surface area contributed by atoms with E-state index in [-0.39, 0.29) is 16.7 Å². The molecular formula is C24H14F5NS. The molecule has 0 fully saturated rings. The van der Waals surface area contributed by atoms with Crippen molar-refractivity contribution in [2.75, 3.05) is 0 Å². The molecule has 0 bridgehead atoms. The summed E-state index contributed by atoms with van der Waals surface area (Å²) in [4.78, 5) is 3.25. The van der Waals surface area contributed by atoms with Crippen molar-refractivity contribution in [2.24, 2.45) is 4.99 Å². The van der Waals surface area contributed by atoms with Gasteiger partial charge in [0.15, 0.2) is 11.6 Å².